The molecule has 1 heterocycles. The molecule has 1 atom stereocenters. The fraction of sp³-hybridized carbons (Fsp3) is 0.632. The van der Waals surface area contributed by atoms with Gasteiger partial charge in [-0.1, -0.05) is 12.1 Å². The first-order chi connectivity index (χ1) is 11.6. The third-order valence-electron chi connectivity index (χ3n) is 4.98. The van der Waals surface area contributed by atoms with Crippen molar-refractivity contribution in [1.29, 1.82) is 0 Å². The Balaban J connectivity index is 0.00000312. The molecule has 6 heteroatoms. The number of hydrogen-bond acceptors (Lipinski definition) is 4. The Hall–Kier alpha value is -1.30. The van der Waals surface area contributed by atoms with E-state index in [1.165, 1.54) is 19.3 Å². The van der Waals surface area contributed by atoms with Gasteiger partial charge in [0.1, 0.15) is 5.75 Å². The molecule has 5 nitrogen and oxygen atoms in total. The van der Waals surface area contributed by atoms with Crippen molar-refractivity contribution < 1.29 is 9.53 Å². The van der Waals surface area contributed by atoms with Crippen molar-refractivity contribution in [3.8, 4) is 5.75 Å². The summed E-state index contributed by atoms with van der Waals surface area (Å²) >= 11 is 0. The number of piperidine rings is 1. The van der Waals surface area contributed by atoms with Crippen molar-refractivity contribution in [3.63, 3.8) is 0 Å². The second-order valence-corrected chi connectivity index (χ2v) is 6.62. The fourth-order valence-corrected chi connectivity index (χ4v) is 3.26. The zero-order valence-corrected chi connectivity index (χ0v) is 16.4. The minimum Gasteiger partial charge on any atom is -0.497 e. The molecule has 0 aromatic heterocycles. The summed E-state index contributed by atoms with van der Waals surface area (Å²) < 4.78 is 5.22. The Morgan fingerprint density at radius 2 is 2.08 bits per heavy atom. The molecule has 1 aliphatic rings. The van der Waals surface area contributed by atoms with Crippen molar-refractivity contribution >= 4 is 18.3 Å². The predicted octanol–water partition coefficient (Wildman–Crippen LogP) is 2.44. The summed E-state index contributed by atoms with van der Waals surface area (Å²) in [6, 6.07) is 7.74. The highest BCUT2D eigenvalue weighted by Crippen LogP contribution is 2.21. The van der Waals surface area contributed by atoms with Crippen LogP contribution in [-0.2, 0) is 11.3 Å². The molecule has 0 saturated carbocycles. The van der Waals surface area contributed by atoms with Crippen LogP contribution in [0.4, 0.5) is 0 Å². The molecule has 1 unspecified atom stereocenters. The summed E-state index contributed by atoms with van der Waals surface area (Å²) in [5, 5.41) is 6.27. The number of hydrogen-bond donors (Lipinski definition) is 2. The maximum absolute atomic E-state index is 12.4. The maximum atomic E-state index is 12.4. The van der Waals surface area contributed by atoms with Gasteiger partial charge in [-0.25, -0.2) is 0 Å². The molecule has 1 saturated heterocycles. The number of likely N-dealkylation sites (tertiary alicyclic amines) is 1. The Kier molecular flexibility index (Phi) is 9.86. The van der Waals surface area contributed by atoms with Crippen LogP contribution in [0.2, 0.25) is 0 Å². The number of rotatable bonds is 8. The van der Waals surface area contributed by atoms with Gasteiger partial charge in [0.15, 0.2) is 0 Å². The van der Waals surface area contributed by atoms with E-state index >= 15 is 0 Å². The van der Waals surface area contributed by atoms with Gasteiger partial charge in [0.25, 0.3) is 0 Å². The number of carbonyl (C=O) groups excluding carboxylic acids is 1. The molecule has 2 N–H and O–H groups in total. The molecule has 1 fully saturated rings. The molecular formula is C19H32ClN3O2. The van der Waals surface area contributed by atoms with Crippen molar-refractivity contribution in [2.24, 2.45) is 5.92 Å². The molecule has 142 valence electrons. The van der Waals surface area contributed by atoms with Crippen LogP contribution in [0.3, 0.4) is 0 Å². The zero-order chi connectivity index (χ0) is 17.4. The molecule has 1 aliphatic heterocycles. The van der Waals surface area contributed by atoms with E-state index in [1.54, 1.807) is 7.11 Å². The smallest absolute Gasteiger partial charge is 0.237 e. The van der Waals surface area contributed by atoms with Crippen LogP contribution < -0.4 is 15.4 Å². The lowest BCUT2D eigenvalue weighted by Gasteiger charge is -2.35. The SMILES string of the molecule is CNCCC1CCN(C(C)C(=O)NCc2cccc(OC)c2)CC1.Cl. The van der Waals surface area contributed by atoms with E-state index in [4.69, 9.17) is 4.74 Å². The number of nitrogens with zero attached hydrogens (tertiary/aromatic N) is 1. The molecule has 1 aromatic carbocycles. The first kappa shape index (κ1) is 21.7. The van der Waals surface area contributed by atoms with Crippen LogP contribution in [0.25, 0.3) is 0 Å². The molecule has 0 bridgehead atoms. The van der Waals surface area contributed by atoms with Gasteiger partial charge in [0.2, 0.25) is 5.91 Å². The Labute approximate surface area is 157 Å². The van der Waals surface area contributed by atoms with Crippen LogP contribution in [0, 0.1) is 5.92 Å². The third kappa shape index (κ3) is 6.84. The molecule has 0 aliphatic carbocycles. The Morgan fingerprint density at radius 1 is 1.36 bits per heavy atom. The monoisotopic (exact) mass is 369 g/mol. The standard InChI is InChI=1S/C19H31N3O2.ClH/c1-15(22-11-8-16(9-12-22)7-10-20-2)19(23)21-14-17-5-4-6-18(13-17)24-3;/h4-6,13,15-16,20H,7-12,14H2,1-3H3,(H,21,23);1H. The number of nitrogens with one attached hydrogen (secondary N) is 2. The number of benzene rings is 1. The van der Waals surface area contributed by atoms with Crippen molar-refractivity contribution in [2.45, 2.75) is 38.8 Å². The quantitative estimate of drug-likeness (QED) is 0.739. The molecule has 0 radical (unpaired) electrons. The van der Waals surface area contributed by atoms with E-state index in [9.17, 15) is 4.79 Å². The van der Waals surface area contributed by atoms with Gasteiger partial charge in [-0.3, -0.25) is 9.69 Å². The minimum absolute atomic E-state index is 0. The van der Waals surface area contributed by atoms with Crippen LogP contribution in [0.5, 0.6) is 5.75 Å². The van der Waals surface area contributed by atoms with Gasteiger partial charge < -0.3 is 15.4 Å². The van der Waals surface area contributed by atoms with E-state index < -0.39 is 0 Å². The van der Waals surface area contributed by atoms with E-state index in [1.807, 2.05) is 38.2 Å². The molecule has 25 heavy (non-hydrogen) atoms. The van der Waals surface area contributed by atoms with Crippen LogP contribution >= 0.6 is 12.4 Å². The van der Waals surface area contributed by atoms with Crippen LogP contribution in [0.15, 0.2) is 24.3 Å². The van der Waals surface area contributed by atoms with Gasteiger partial charge in [-0.2, -0.15) is 0 Å². The zero-order valence-electron chi connectivity index (χ0n) is 15.6. The van der Waals surface area contributed by atoms with E-state index in [2.05, 4.69) is 15.5 Å². The second kappa shape index (κ2) is 11.3. The average molecular weight is 370 g/mol. The summed E-state index contributed by atoms with van der Waals surface area (Å²) in [6.45, 7) is 5.67. The number of amides is 1. The lowest BCUT2D eigenvalue weighted by Crippen LogP contribution is -2.48. The van der Waals surface area contributed by atoms with E-state index in [0.29, 0.717) is 6.54 Å². The molecule has 2 rings (SSSR count). The second-order valence-electron chi connectivity index (χ2n) is 6.62. The first-order valence-corrected chi connectivity index (χ1v) is 8.93. The van der Waals surface area contributed by atoms with Crippen LogP contribution in [0.1, 0.15) is 31.7 Å². The number of ether oxygens (including phenoxy) is 1. The number of halogens is 1. The summed E-state index contributed by atoms with van der Waals surface area (Å²) in [5.41, 5.74) is 1.06. The lowest BCUT2D eigenvalue weighted by molar-refractivity contribution is -0.126. The van der Waals surface area contributed by atoms with E-state index in [-0.39, 0.29) is 24.4 Å². The summed E-state index contributed by atoms with van der Waals surface area (Å²) in [7, 11) is 3.66. The Bertz CT molecular complexity index is 519. The van der Waals surface area contributed by atoms with Gasteiger partial charge in [0.05, 0.1) is 13.2 Å². The van der Waals surface area contributed by atoms with E-state index in [0.717, 1.165) is 36.9 Å². The number of methoxy groups -OCH3 is 1. The summed E-state index contributed by atoms with van der Waals surface area (Å²) in [6.07, 6.45) is 3.62. The van der Waals surface area contributed by atoms with Crippen molar-refractivity contribution in [2.75, 3.05) is 33.8 Å². The molecule has 1 amide bonds. The first-order valence-electron chi connectivity index (χ1n) is 8.93. The number of carbonyl (C=O) groups is 1. The molecular weight excluding hydrogens is 338 g/mol. The van der Waals surface area contributed by atoms with Gasteiger partial charge in [0, 0.05) is 6.54 Å². The Morgan fingerprint density at radius 3 is 2.72 bits per heavy atom. The van der Waals surface area contributed by atoms with Gasteiger partial charge in [-0.05, 0) is 76.5 Å². The molecule has 1 aromatic rings. The van der Waals surface area contributed by atoms with Crippen molar-refractivity contribution in [3.05, 3.63) is 29.8 Å². The highest BCUT2D eigenvalue weighted by atomic mass is 35.5. The lowest BCUT2D eigenvalue weighted by atomic mass is 9.93. The maximum Gasteiger partial charge on any atom is 0.237 e. The largest absolute Gasteiger partial charge is 0.497 e. The minimum atomic E-state index is -0.0687. The topological polar surface area (TPSA) is 53.6 Å². The highest BCUT2D eigenvalue weighted by molar-refractivity contribution is 5.85. The predicted molar refractivity (Wildman–Crippen MR) is 104 cm³/mol. The summed E-state index contributed by atoms with van der Waals surface area (Å²) in [5.74, 6) is 1.71. The van der Waals surface area contributed by atoms with Crippen LogP contribution in [-0.4, -0.2) is 50.6 Å². The normalized spacial score (nSPS) is 16.8. The van der Waals surface area contributed by atoms with Gasteiger partial charge >= 0.3 is 0 Å². The fourth-order valence-electron chi connectivity index (χ4n) is 3.26. The average Bonchev–Trinajstić information content (AvgIpc) is 2.64. The highest BCUT2D eigenvalue weighted by Gasteiger charge is 2.26. The van der Waals surface area contributed by atoms with Gasteiger partial charge in [-0.15, -0.1) is 12.4 Å². The summed E-state index contributed by atoms with van der Waals surface area (Å²) in [4.78, 5) is 14.7. The molecule has 0 spiro atoms. The third-order valence-corrected chi connectivity index (χ3v) is 4.98. The van der Waals surface area contributed by atoms with Crippen molar-refractivity contribution in [1.82, 2.24) is 15.5 Å².